The molecule has 2 amide bonds. The van der Waals surface area contributed by atoms with E-state index in [9.17, 15) is 4.79 Å². The highest BCUT2D eigenvalue weighted by molar-refractivity contribution is 5.74. The molecule has 1 fully saturated rings. The quantitative estimate of drug-likeness (QED) is 0.736. The molecule has 4 rings (SSSR count). The molecule has 1 aromatic carbocycles. The highest BCUT2D eigenvalue weighted by Gasteiger charge is 2.24. The number of aromatic nitrogens is 3. The second-order valence-electron chi connectivity index (χ2n) is 7.28. The van der Waals surface area contributed by atoms with Crippen LogP contribution in [-0.4, -0.2) is 38.7 Å². The van der Waals surface area contributed by atoms with Crippen molar-refractivity contribution in [1.29, 1.82) is 0 Å². The summed E-state index contributed by atoms with van der Waals surface area (Å²) in [7, 11) is 0. The average Bonchev–Trinajstić information content (AvgIpc) is 3.36. The van der Waals surface area contributed by atoms with Crippen molar-refractivity contribution in [3.8, 4) is 11.3 Å². The van der Waals surface area contributed by atoms with E-state index in [4.69, 9.17) is 4.52 Å². The minimum atomic E-state index is -0.0512. The first-order valence-electron chi connectivity index (χ1n) is 9.70. The Morgan fingerprint density at radius 3 is 2.96 bits per heavy atom. The van der Waals surface area contributed by atoms with E-state index in [0.717, 1.165) is 49.6 Å². The lowest BCUT2D eigenvalue weighted by Gasteiger charge is -2.33. The van der Waals surface area contributed by atoms with Crippen LogP contribution in [0.25, 0.3) is 11.3 Å². The Bertz CT molecular complexity index is 918. The van der Waals surface area contributed by atoms with Gasteiger partial charge < -0.3 is 19.3 Å². The first-order chi connectivity index (χ1) is 13.7. The molecule has 1 aliphatic rings. The highest BCUT2D eigenvalue weighted by atomic mass is 16.5. The van der Waals surface area contributed by atoms with Crippen LogP contribution in [0.1, 0.15) is 24.4 Å². The van der Waals surface area contributed by atoms with Crippen LogP contribution in [-0.2, 0) is 13.1 Å². The van der Waals surface area contributed by atoms with Gasteiger partial charge in [0.1, 0.15) is 11.5 Å². The summed E-state index contributed by atoms with van der Waals surface area (Å²) >= 11 is 0. The molecule has 7 nitrogen and oxygen atoms in total. The third-order valence-corrected chi connectivity index (χ3v) is 5.23. The summed E-state index contributed by atoms with van der Waals surface area (Å²) in [5.41, 5.74) is 1.77. The number of imidazole rings is 1. The van der Waals surface area contributed by atoms with E-state index >= 15 is 0 Å². The molecule has 1 N–H and O–H groups in total. The van der Waals surface area contributed by atoms with Crippen LogP contribution in [0.3, 0.4) is 0 Å². The van der Waals surface area contributed by atoms with Crippen molar-refractivity contribution >= 4 is 6.03 Å². The molecule has 28 heavy (non-hydrogen) atoms. The number of hydrogen-bond acceptors (Lipinski definition) is 4. The van der Waals surface area contributed by atoms with Crippen LogP contribution in [0, 0.1) is 12.8 Å². The number of hydrogen-bond donors (Lipinski definition) is 1. The first kappa shape index (κ1) is 18.3. The van der Waals surface area contributed by atoms with Gasteiger partial charge in [-0.25, -0.2) is 9.78 Å². The first-order valence-corrected chi connectivity index (χ1v) is 9.70. The molecule has 0 unspecified atom stereocenters. The Kier molecular flexibility index (Phi) is 5.41. The number of carbonyl (C=O) groups excluding carboxylic acids is 1. The number of carbonyl (C=O) groups is 1. The molecule has 0 bridgehead atoms. The number of piperidine rings is 1. The van der Waals surface area contributed by atoms with Gasteiger partial charge in [-0.3, -0.25) is 0 Å². The van der Waals surface area contributed by atoms with Gasteiger partial charge in [0.15, 0.2) is 5.76 Å². The number of rotatable bonds is 5. The molecule has 1 atom stereocenters. The maximum Gasteiger partial charge on any atom is 0.317 e. The van der Waals surface area contributed by atoms with Crippen LogP contribution in [0.5, 0.6) is 0 Å². The SMILES string of the molecule is Cc1nccn1C[C@@H]1CCCN(C(=O)NCc2cc(-c3ccccc3)no2)C1. The van der Waals surface area contributed by atoms with Crippen molar-refractivity contribution in [3.63, 3.8) is 0 Å². The maximum absolute atomic E-state index is 12.6. The van der Waals surface area contributed by atoms with Gasteiger partial charge in [-0.15, -0.1) is 0 Å². The third-order valence-electron chi connectivity index (χ3n) is 5.23. The second-order valence-corrected chi connectivity index (χ2v) is 7.28. The summed E-state index contributed by atoms with van der Waals surface area (Å²) in [4.78, 5) is 18.8. The Morgan fingerprint density at radius 1 is 1.32 bits per heavy atom. The van der Waals surface area contributed by atoms with E-state index in [1.807, 2.05) is 60.6 Å². The predicted molar refractivity (Wildman–Crippen MR) is 105 cm³/mol. The van der Waals surface area contributed by atoms with Crippen molar-refractivity contribution in [1.82, 2.24) is 24.9 Å². The molecule has 1 aliphatic heterocycles. The molecule has 0 spiro atoms. The van der Waals surface area contributed by atoms with Crippen LogP contribution < -0.4 is 5.32 Å². The molecule has 2 aromatic heterocycles. The van der Waals surface area contributed by atoms with Gasteiger partial charge in [0, 0.05) is 43.7 Å². The summed E-state index contributed by atoms with van der Waals surface area (Å²) in [6, 6.07) is 11.7. The summed E-state index contributed by atoms with van der Waals surface area (Å²) in [6.45, 7) is 4.79. The molecular formula is C21H25N5O2. The summed E-state index contributed by atoms with van der Waals surface area (Å²) < 4.78 is 7.53. The van der Waals surface area contributed by atoms with Gasteiger partial charge in [0.25, 0.3) is 0 Å². The van der Waals surface area contributed by atoms with Gasteiger partial charge in [-0.05, 0) is 25.7 Å². The lowest BCUT2D eigenvalue weighted by atomic mass is 9.98. The monoisotopic (exact) mass is 379 g/mol. The van der Waals surface area contributed by atoms with Gasteiger partial charge in [-0.1, -0.05) is 35.5 Å². The minimum absolute atomic E-state index is 0.0512. The van der Waals surface area contributed by atoms with E-state index in [1.54, 1.807) is 0 Å². The van der Waals surface area contributed by atoms with Gasteiger partial charge in [-0.2, -0.15) is 0 Å². The predicted octanol–water partition coefficient (Wildman–Crippen LogP) is 3.47. The lowest BCUT2D eigenvalue weighted by molar-refractivity contribution is 0.158. The van der Waals surface area contributed by atoms with E-state index in [1.165, 1.54) is 0 Å². The fourth-order valence-electron chi connectivity index (χ4n) is 3.69. The Morgan fingerprint density at radius 2 is 2.18 bits per heavy atom. The normalized spacial score (nSPS) is 16.9. The second kappa shape index (κ2) is 8.29. The summed E-state index contributed by atoms with van der Waals surface area (Å²) in [5, 5.41) is 7.05. The fraction of sp³-hybridized carbons (Fsp3) is 0.381. The summed E-state index contributed by atoms with van der Waals surface area (Å²) in [6.07, 6.45) is 5.97. The smallest absolute Gasteiger partial charge is 0.317 e. The number of nitrogens with zero attached hydrogens (tertiary/aromatic N) is 4. The number of aryl methyl sites for hydroxylation is 1. The molecular weight excluding hydrogens is 354 g/mol. The Labute approximate surface area is 164 Å². The van der Waals surface area contributed by atoms with Crippen molar-refractivity contribution in [2.45, 2.75) is 32.9 Å². The zero-order chi connectivity index (χ0) is 19.3. The molecule has 146 valence electrons. The van der Waals surface area contributed by atoms with E-state index < -0.39 is 0 Å². The highest BCUT2D eigenvalue weighted by Crippen LogP contribution is 2.20. The van der Waals surface area contributed by atoms with Crippen LogP contribution in [0.15, 0.2) is 53.3 Å². The van der Waals surface area contributed by atoms with Crippen molar-refractivity contribution in [2.75, 3.05) is 13.1 Å². The molecule has 0 radical (unpaired) electrons. The van der Waals surface area contributed by atoms with Gasteiger partial charge >= 0.3 is 6.03 Å². The Balaban J connectivity index is 1.30. The number of urea groups is 1. The molecule has 7 heteroatoms. The van der Waals surface area contributed by atoms with Gasteiger partial charge in [0.2, 0.25) is 0 Å². The van der Waals surface area contributed by atoms with Crippen LogP contribution >= 0.6 is 0 Å². The molecule has 3 aromatic rings. The standard InChI is InChI=1S/C21H25N5O2/c1-16-22-9-11-25(16)14-17-6-5-10-26(15-17)21(27)23-13-19-12-20(24-28-19)18-7-3-2-4-8-18/h2-4,7-9,11-12,17H,5-6,10,13-15H2,1H3,(H,23,27)/t17-/m0/s1. The zero-order valence-electron chi connectivity index (χ0n) is 16.0. The minimum Gasteiger partial charge on any atom is -0.359 e. The van der Waals surface area contributed by atoms with E-state index in [0.29, 0.717) is 18.2 Å². The number of likely N-dealkylation sites (tertiary alicyclic amines) is 1. The van der Waals surface area contributed by atoms with E-state index in [-0.39, 0.29) is 6.03 Å². The number of amides is 2. The van der Waals surface area contributed by atoms with Crippen LogP contribution in [0.2, 0.25) is 0 Å². The maximum atomic E-state index is 12.6. The third kappa shape index (κ3) is 4.24. The zero-order valence-corrected chi connectivity index (χ0v) is 16.0. The fourth-order valence-corrected chi connectivity index (χ4v) is 3.69. The lowest BCUT2D eigenvalue weighted by Crippen LogP contribution is -2.46. The Hall–Kier alpha value is -3.09. The van der Waals surface area contributed by atoms with Crippen molar-refractivity contribution in [3.05, 3.63) is 60.4 Å². The van der Waals surface area contributed by atoms with Crippen molar-refractivity contribution in [2.24, 2.45) is 5.92 Å². The van der Waals surface area contributed by atoms with Gasteiger partial charge in [0.05, 0.1) is 6.54 Å². The summed E-state index contributed by atoms with van der Waals surface area (Å²) in [5.74, 6) is 2.11. The molecule has 0 saturated carbocycles. The topological polar surface area (TPSA) is 76.2 Å². The molecule has 3 heterocycles. The largest absolute Gasteiger partial charge is 0.359 e. The number of nitrogens with one attached hydrogen (secondary N) is 1. The molecule has 0 aliphatic carbocycles. The van der Waals surface area contributed by atoms with Crippen LogP contribution in [0.4, 0.5) is 4.79 Å². The van der Waals surface area contributed by atoms with E-state index in [2.05, 4.69) is 20.0 Å². The number of benzene rings is 1. The van der Waals surface area contributed by atoms with Crippen molar-refractivity contribution < 1.29 is 9.32 Å². The molecule has 1 saturated heterocycles. The average molecular weight is 379 g/mol.